The summed E-state index contributed by atoms with van der Waals surface area (Å²) in [6.07, 6.45) is 1.46. The van der Waals surface area contributed by atoms with Crippen molar-refractivity contribution in [3.63, 3.8) is 0 Å². The van der Waals surface area contributed by atoms with Crippen LogP contribution in [0.25, 0.3) is 11.0 Å². The molecule has 1 fully saturated rings. The highest BCUT2D eigenvalue weighted by Crippen LogP contribution is 2.30. The van der Waals surface area contributed by atoms with Gasteiger partial charge in [0.15, 0.2) is 0 Å². The third kappa shape index (κ3) is 2.13. The minimum Gasteiger partial charge on any atom is -0.380 e. The molecule has 1 aliphatic heterocycles. The summed E-state index contributed by atoms with van der Waals surface area (Å²) >= 11 is 7.33. The Labute approximate surface area is 113 Å². The zero-order valence-corrected chi connectivity index (χ0v) is 11.0. The molecule has 7 heteroatoms. The topological polar surface area (TPSA) is 66.9 Å². The van der Waals surface area contributed by atoms with Gasteiger partial charge in [0.25, 0.3) is 0 Å². The summed E-state index contributed by atoms with van der Waals surface area (Å²) in [5, 5.41) is 6.79. The Hall–Kier alpha value is -1.40. The van der Waals surface area contributed by atoms with Crippen molar-refractivity contribution in [2.45, 2.75) is 18.9 Å². The first-order valence-corrected chi connectivity index (χ1v) is 6.79. The van der Waals surface area contributed by atoms with E-state index in [4.69, 9.17) is 11.6 Å². The lowest BCUT2D eigenvalue weighted by Crippen LogP contribution is -2.31. The minimum absolute atomic E-state index is 0.112. The first-order chi connectivity index (χ1) is 8.74. The Kier molecular flexibility index (Phi) is 3.05. The van der Waals surface area contributed by atoms with Crippen molar-refractivity contribution in [2.75, 3.05) is 11.9 Å². The molecule has 0 aliphatic carbocycles. The van der Waals surface area contributed by atoms with Crippen molar-refractivity contribution < 1.29 is 4.79 Å². The zero-order chi connectivity index (χ0) is 12.5. The molecular weight excluding hydrogens is 272 g/mol. The van der Waals surface area contributed by atoms with E-state index >= 15 is 0 Å². The van der Waals surface area contributed by atoms with Gasteiger partial charge in [-0.25, -0.2) is 0 Å². The van der Waals surface area contributed by atoms with Crippen LogP contribution in [-0.2, 0) is 4.79 Å². The van der Waals surface area contributed by atoms with Gasteiger partial charge in [0, 0.05) is 19.0 Å². The van der Waals surface area contributed by atoms with E-state index in [1.54, 1.807) is 6.07 Å². The summed E-state index contributed by atoms with van der Waals surface area (Å²) in [5.41, 5.74) is 2.42. The number of carbonyl (C=O) groups excluding carboxylic acids is 1. The molecule has 1 aromatic carbocycles. The molecule has 1 aromatic heterocycles. The molecule has 0 bridgehead atoms. The van der Waals surface area contributed by atoms with Gasteiger partial charge in [0.05, 0.1) is 22.4 Å². The number of fused-ring (bicyclic) bond motifs is 1. The summed E-state index contributed by atoms with van der Waals surface area (Å²) in [4.78, 5) is 11.1. The number of halogens is 1. The van der Waals surface area contributed by atoms with Gasteiger partial charge in [-0.15, -0.1) is 0 Å². The van der Waals surface area contributed by atoms with E-state index in [0.717, 1.165) is 23.1 Å². The van der Waals surface area contributed by atoms with E-state index in [2.05, 4.69) is 19.4 Å². The summed E-state index contributed by atoms with van der Waals surface area (Å²) in [7, 11) is 0. The fourth-order valence-corrected chi connectivity index (χ4v) is 2.81. The van der Waals surface area contributed by atoms with Crippen LogP contribution in [0.3, 0.4) is 0 Å². The van der Waals surface area contributed by atoms with E-state index < -0.39 is 0 Å². The van der Waals surface area contributed by atoms with Crippen molar-refractivity contribution >= 4 is 46.0 Å². The smallest absolute Gasteiger partial charge is 0.220 e. The van der Waals surface area contributed by atoms with Gasteiger partial charge in [-0.1, -0.05) is 11.6 Å². The molecule has 0 saturated carbocycles. The van der Waals surface area contributed by atoms with Crippen molar-refractivity contribution in [3.05, 3.63) is 17.2 Å². The summed E-state index contributed by atoms with van der Waals surface area (Å²) in [6.45, 7) is 0.655. The molecule has 94 valence electrons. The molecule has 2 N–H and O–H groups in total. The fraction of sp³-hybridized carbons (Fsp3) is 0.364. The van der Waals surface area contributed by atoms with Crippen LogP contribution in [0, 0.1) is 0 Å². The monoisotopic (exact) mass is 282 g/mol. The molecule has 1 saturated heterocycles. The van der Waals surface area contributed by atoms with Gasteiger partial charge in [0.1, 0.15) is 11.0 Å². The largest absolute Gasteiger partial charge is 0.380 e. The highest BCUT2D eigenvalue weighted by atomic mass is 35.5. The van der Waals surface area contributed by atoms with Crippen LogP contribution in [0.2, 0.25) is 5.02 Å². The molecule has 1 aliphatic rings. The van der Waals surface area contributed by atoms with E-state index in [1.807, 2.05) is 6.07 Å². The second kappa shape index (κ2) is 4.70. The number of benzene rings is 1. The van der Waals surface area contributed by atoms with Gasteiger partial charge < -0.3 is 10.6 Å². The number of hydrogen-bond acceptors (Lipinski definition) is 5. The number of anilines is 1. The first kappa shape index (κ1) is 11.7. The second-order valence-electron chi connectivity index (χ2n) is 4.24. The third-order valence-corrected chi connectivity index (χ3v) is 3.84. The molecular formula is C11H11ClN4OS. The molecule has 1 amide bonds. The number of amides is 1. The first-order valence-electron chi connectivity index (χ1n) is 5.68. The Morgan fingerprint density at radius 2 is 2.39 bits per heavy atom. The average Bonchev–Trinajstić information content (AvgIpc) is 2.96. The SMILES string of the molecule is O=C1CCC(CNc2c(Cl)ccc3nsnc23)N1. The maximum Gasteiger partial charge on any atom is 0.220 e. The Morgan fingerprint density at radius 3 is 3.17 bits per heavy atom. The van der Waals surface area contributed by atoms with Gasteiger partial charge >= 0.3 is 0 Å². The lowest BCUT2D eigenvalue weighted by atomic mass is 10.2. The maximum atomic E-state index is 11.1. The number of aromatic nitrogens is 2. The predicted octanol–water partition coefficient (Wildman–Crippen LogP) is 2.04. The van der Waals surface area contributed by atoms with Crippen LogP contribution in [0.5, 0.6) is 0 Å². The third-order valence-electron chi connectivity index (χ3n) is 2.99. The van der Waals surface area contributed by atoms with Crippen LogP contribution < -0.4 is 10.6 Å². The molecule has 0 spiro atoms. The summed E-state index contributed by atoms with van der Waals surface area (Å²) < 4.78 is 8.41. The van der Waals surface area contributed by atoms with Crippen molar-refractivity contribution in [2.24, 2.45) is 0 Å². The average molecular weight is 283 g/mol. The molecule has 5 nitrogen and oxygen atoms in total. The molecule has 0 radical (unpaired) electrons. The van der Waals surface area contributed by atoms with Gasteiger partial charge in [-0.2, -0.15) is 8.75 Å². The quantitative estimate of drug-likeness (QED) is 0.904. The molecule has 1 unspecified atom stereocenters. The Morgan fingerprint density at radius 1 is 1.50 bits per heavy atom. The van der Waals surface area contributed by atoms with Gasteiger partial charge in [0.2, 0.25) is 5.91 Å². The second-order valence-corrected chi connectivity index (χ2v) is 5.17. The Balaban J connectivity index is 1.79. The molecule has 1 atom stereocenters. The van der Waals surface area contributed by atoms with Crippen LogP contribution >= 0.6 is 23.3 Å². The minimum atomic E-state index is 0.112. The standard InChI is InChI=1S/C11H11ClN4OS/c12-7-2-3-8-11(16-18-15-8)10(7)13-5-6-1-4-9(17)14-6/h2-3,6,13H,1,4-5H2,(H,14,17). The Bertz CT molecular complexity index is 600. The summed E-state index contributed by atoms with van der Waals surface area (Å²) in [5.74, 6) is 0.112. The number of rotatable bonds is 3. The number of nitrogens with zero attached hydrogens (tertiary/aromatic N) is 2. The highest BCUT2D eigenvalue weighted by Gasteiger charge is 2.21. The fourth-order valence-electron chi connectivity index (χ4n) is 2.05. The highest BCUT2D eigenvalue weighted by molar-refractivity contribution is 7.00. The van der Waals surface area contributed by atoms with Crippen LogP contribution in [0.4, 0.5) is 5.69 Å². The van der Waals surface area contributed by atoms with E-state index in [0.29, 0.717) is 18.0 Å². The van der Waals surface area contributed by atoms with Gasteiger partial charge in [-0.05, 0) is 18.6 Å². The molecule has 2 aromatic rings. The maximum absolute atomic E-state index is 11.1. The predicted molar refractivity (Wildman–Crippen MR) is 72.1 cm³/mol. The lowest BCUT2D eigenvalue weighted by Gasteiger charge is -2.13. The lowest BCUT2D eigenvalue weighted by molar-refractivity contribution is -0.119. The molecule has 2 heterocycles. The molecule has 3 rings (SSSR count). The number of carbonyl (C=O) groups is 1. The van der Waals surface area contributed by atoms with Crippen LogP contribution in [0.1, 0.15) is 12.8 Å². The van der Waals surface area contributed by atoms with E-state index in [1.165, 1.54) is 11.7 Å². The van der Waals surface area contributed by atoms with E-state index in [-0.39, 0.29) is 11.9 Å². The van der Waals surface area contributed by atoms with Crippen molar-refractivity contribution in [1.82, 2.24) is 14.1 Å². The normalized spacial score (nSPS) is 19.2. The van der Waals surface area contributed by atoms with Crippen molar-refractivity contribution in [3.8, 4) is 0 Å². The van der Waals surface area contributed by atoms with E-state index in [9.17, 15) is 4.79 Å². The van der Waals surface area contributed by atoms with Crippen molar-refractivity contribution in [1.29, 1.82) is 0 Å². The molecule has 18 heavy (non-hydrogen) atoms. The van der Waals surface area contributed by atoms with Crippen LogP contribution in [-0.4, -0.2) is 27.2 Å². The zero-order valence-electron chi connectivity index (χ0n) is 9.44. The number of hydrogen-bond donors (Lipinski definition) is 2. The number of nitrogens with one attached hydrogen (secondary N) is 2. The van der Waals surface area contributed by atoms with Gasteiger partial charge in [-0.3, -0.25) is 4.79 Å². The summed E-state index contributed by atoms with van der Waals surface area (Å²) in [6, 6.07) is 3.82. The van der Waals surface area contributed by atoms with Crippen LogP contribution in [0.15, 0.2) is 12.1 Å².